The normalized spacial score (nSPS) is 18.4. The lowest BCUT2D eigenvalue weighted by molar-refractivity contribution is 0.458. The van der Waals surface area contributed by atoms with Crippen molar-refractivity contribution in [3.8, 4) is 5.88 Å². The molecule has 0 radical (unpaired) electrons. The van der Waals surface area contributed by atoms with Crippen molar-refractivity contribution in [1.82, 2.24) is 4.98 Å². The van der Waals surface area contributed by atoms with E-state index in [0.29, 0.717) is 0 Å². The largest absolute Gasteiger partial charge is 0.495 e. The molecule has 0 amide bonds. The molecule has 1 aliphatic rings. The van der Waals surface area contributed by atoms with E-state index in [9.17, 15) is 5.11 Å². The summed E-state index contributed by atoms with van der Waals surface area (Å²) >= 11 is 0. The van der Waals surface area contributed by atoms with E-state index in [1.54, 1.807) is 0 Å². The zero-order valence-corrected chi connectivity index (χ0v) is 10.1. The molecule has 1 saturated carbocycles. The minimum absolute atomic E-state index is 0.262. The van der Waals surface area contributed by atoms with Gasteiger partial charge in [-0.2, -0.15) is 0 Å². The Hall–Kier alpha value is -1.44. The minimum atomic E-state index is 0.262. The monoisotopic (exact) mass is 229 g/mol. The number of hydrogen-bond acceptors (Lipinski definition) is 1. The summed E-state index contributed by atoms with van der Waals surface area (Å²) < 4.78 is 0. The maximum atomic E-state index is 9.45. The van der Waals surface area contributed by atoms with Crippen LogP contribution in [-0.4, -0.2) is 10.1 Å². The van der Waals surface area contributed by atoms with Crippen LogP contribution in [0.4, 0.5) is 0 Å². The quantitative estimate of drug-likeness (QED) is 0.702. The first kappa shape index (κ1) is 10.7. The SMILES string of the molecule is Oc1cc2cc(C3CCCCCC3)ccc2[nH]1. The van der Waals surface area contributed by atoms with Gasteiger partial charge in [-0.05, 0) is 36.5 Å². The van der Waals surface area contributed by atoms with Gasteiger partial charge in [0.15, 0.2) is 5.88 Å². The summed E-state index contributed by atoms with van der Waals surface area (Å²) in [6.45, 7) is 0. The smallest absolute Gasteiger partial charge is 0.189 e. The fraction of sp³-hybridized carbons (Fsp3) is 0.467. The van der Waals surface area contributed by atoms with Gasteiger partial charge >= 0.3 is 0 Å². The number of benzene rings is 1. The Morgan fingerprint density at radius 3 is 2.53 bits per heavy atom. The van der Waals surface area contributed by atoms with Gasteiger partial charge in [0.2, 0.25) is 0 Å². The molecule has 1 aliphatic carbocycles. The Bertz CT molecular complexity index is 507. The maximum absolute atomic E-state index is 9.45. The van der Waals surface area contributed by atoms with Gasteiger partial charge in [0.25, 0.3) is 0 Å². The standard InChI is InChI=1S/C15H19NO/c17-15-10-13-9-12(7-8-14(13)16-15)11-5-3-1-2-4-6-11/h7-11,16-17H,1-6H2. The van der Waals surface area contributed by atoms with E-state index < -0.39 is 0 Å². The lowest BCUT2D eigenvalue weighted by Crippen LogP contribution is -1.96. The first-order valence-electron chi connectivity index (χ1n) is 6.64. The molecule has 2 N–H and O–H groups in total. The molecule has 0 spiro atoms. The van der Waals surface area contributed by atoms with Crippen LogP contribution < -0.4 is 0 Å². The molecule has 0 saturated heterocycles. The zero-order chi connectivity index (χ0) is 11.7. The van der Waals surface area contributed by atoms with E-state index in [1.165, 1.54) is 44.1 Å². The van der Waals surface area contributed by atoms with E-state index in [0.717, 1.165) is 16.8 Å². The van der Waals surface area contributed by atoms with E-state index >= 15 is 0 Å². The van der Waals surface area contributed by atoms with Crippen molar-refractivity contribution in [1.29, 1.82) is 0 Å². The number of nitrogens with one attached hydrogen (secondary N) is 1. The maximum Gasteiger partial charge on any atom is 0.189 e. The van der Waals surface area contributed by atoms with Crippen molar-refractivity contribution in [2.75, 3.05) is 0 Å². The van der Waals surface area contributed by atoms with Gasteiger partial charge in [-0.3, -0.25) is 0 Å². The highest BCUT2D eigenvalue weighted by Crippen LogP contribution is 2.33. The van der Waals surface area contributed by atoms with Crippen molar-refractivity contribution in [3.05, 3.63) is 29.8 Å². The van der Waals surface area contributed by atoms with Gasteiger partial charge < -0.3 is 10.1 Å². The molecule has 0 bridgehead atoms. The van der Waals surface area contributed by atoms with Crippen LogP contribution in [0, 0.1) is 0 Å². The summed E-state index contributed by atoms with van der Waals surface area (Å²) in [7, 11) is 0. The second-order valence-corrected chi connectivity index (χ2v) is 5.19. The van der Waals surface area contributed by atoms with Crippen molar-refractivity contribution in [2.45, 2.75) is 44.4 Å². The van der Waals surface area contributed by atoms with Crippen LogP contribution in [0.5, 0.6) is 5.88 Å². The van der Waals surface area contributed by atoms with Crippen LogP contribution >= 0.6 is 0 Å². The number of aromatic nitrogens is 1. The van der Waals surface area contributed by atoms with Crippen LogP contribution in [0.1, 0.15) is 50.0 Å². The van der Waals surface area contributed by atoms with Crippen LogP contribution in [0.3, 0.4) is 0 Å². The molecule has 2 heteroatoms. The second-order valence-electron chi connectivity index (χ2n) is 5.19. The highest BCUT2D eigenvalue weighted by Gasteiger charge is 2.14. The van der Waals surface area contributed by atoms with Gasteiger partial charge in [-0.15, -0.1) is 0 Å². The summed E-state index contributed by atoms with van der Waals surface area (Å²) in [5.74, 6) is 0.983. The second kappa shape index (κ2) is 4.44. The third kappa shape index (κ3) is 2.17. The molecule has 90 valence electrons. The molecule has 2 aromatic rings. The molecule has 1 aromatic carbocycles. The Balaban J connectivity index is 1.93. The molecule has 0 aliphatic heterocycles. The Morgan fingerprint density at radius 2 is 1.76 bits per heavy atom. The van der Waals surface area contributed by atoms with E-state index in [1.807, 2.05) is 6.07 Å². The van der Waals surface area contributed by atoms with Gasteiger partial charge in [0.05, 0.1) is 0 Å². The summed E-state index contributed by atoms with van der Waals surface area (Å²) in [6.07, 6.45) is 8.15. The predicted molar refractivity (Wildman–Crippen MR) is 70.4 cm³/mol. The van der Waals surface area contributed by atoms with Gasteiger partial charge in [-0.25, -0.2) is 0 Å². The van der Waals surface area contributed by atoms with Gasteiger partial charge in [-0.1, -0.05) is 31.7 Å². The Labute approximate surface area is 102 Å². The van der Waals surface area contributed by atoms with Crippen LogP contribution in [0.2, 0.25) is 0 Å². The Kier molecular flexibility index (Phi) is 2.79. The third-order valence-corrected chi connectivity index (χ3v) is 3.96. The summed E-state index contributed by atoms with van der Waals surface area (Å²) in [5, 5.41) is 10.6. The number of aromatic amines is 1. The number of H-pyrrole nitrogens is 1. The molecule has 1 heterocycles. The fourth-order valence-corrected chi connectivity index (χ4v) is 3.00. The summed E-state index contributed by atoms with van der Waals surface area (Å²) in [6, 6.07) is 8.36. The minimum Gasteiger partial charge on any atom is -0.495 e. The van der Waals surface area contributed by atoms with Crippen molar-refractivity contribution in [2.24, 2.45) is 0 Å². The van der Waals surface area contributed by atoms with Crippen molar-refractivity contribution >= 4 is 10.9 Å². The average molecular weight is 229 g/mol. The topological polar surface area (TPSA) is 36.0 Å². The average Bonchev–Trinajstić information content (AvgIpc) is 2.53. The zero-order valence-electron chi connectivity index (χ0n) is 10.1. The lowest BCUT2D eigenvalue weighted by Gasteiger charge is -2.14. The van der Waals surface area contributed by atoms with Crippen LogP contribution in [-0.2, 0) is 0 Å². The molecular formula is C15H19NO. The van der Waals surface area contributed by atoms with Gasteiger partial charge in [0.1, 0.15) is 0 Å². The third-order valence-electron chi connectivity index (χ3n) is 3.96. The molecule has 17 heavy (non-hydrogen) atoms. The first-order valence-corrected chi connectivity index (χ1v) is 6.64. The van der Waals surface area contributed by atoms with Crippen molar-refractivity contribution < 1.29 is 5.11 Å². The first-order chi connectivity index (χ1) is 8.33. The van der Waals surface area contributed by atoms with Crippen molar-refractivity contribution in [3.63, 3.8) is 0 Å². The molecule has 3 rings (SSSR count). The number of aromatic hydroxyl groups is 1. The molecule has 0 atom stereocenters. The molecule has 1 aromatic heterocycles. The molecule has 2 nitrogen and oxygen atoms in total. The Morgan fingerprint density at radius 1 is 1.00 bits per heavy atom. The van der Waals surface area contributed by atoms with Crippen LogP contribution in [0.15, 0.2) is 24.3 Å². The molecular weight excluding hydrogens is 210 g/mol. The molecule has 1 fully saturated rings. The lowest BCUT2D eigenvalue weighted by atomic mass is 9.91. The molecule has 0 unspecified atom stereocenters. The number of hydrogen-bond donors (Lipinski definition) is 2. The summed E-state index contributed by atoms with van der Waals surface area (Å²) in [4.78, 5) is 2.96. The highest BCUT2D eigenvalue weighted by atomic mass is 16.3. The highest BCUT2D eigenvalue weighted by molar-refractivity contribution is 5.82. The van der Waals surface area contributed by atoms with E-state index in [4.69, 9.17) is 0 Å². The fourth-order valence-electron chi connectivity index (χ4n) is 3.00. The van der Waals surface area contributed by atoms with E-state index in [2.05, 4.69) is 23.2 Å². The number of rotatable bonds is 1. The van der Waals surface area contributed by atoms with Gasteiger partial charge in [0, 0.05) is 17.0 Å². The van der Waals surface area contributed by atoms with Crippen LogP contribution in [0.25, 0.3) is 10.9 Å². The summed E-state index contributed by atoms with van der Waals surface area (Å²) in [5.41, 5.74) is 2.47. The van der Waals surface area contributed by atoms with E-state index in [-0.39, 0.29) is 5.88 Å². The number of fused-ring (bicyclic) bond motifs is 1. The predicted octanol–water partition coefficient (Wildman–Crippen LogP) is 4.31.